The smallest absolute Gasteiger partial charge is 0.246 e. The summed E-state index contributed by atoms with van der Waals surface area (Å²) in [5.74, 6) is 0.699. The molecule has 1 aliphatic carbocycles. The van der Waals surface area contributed by atoms with Crippen LogP contribution >= 0.6 is 23.7 Å². The second-order valence-electron chi connectivity index (χ2n) is 5.02. The second kappa shape index (κ2) is 4.47. The molecule has 7 heteroatoms. The first kappa shape index (κ1) is 12.9. The van der Waals surface area contributed by atoms with Gasteiger partial charge in [-0.3, -0.25) is 10.1 Å². The number of aliphatic imine (C=N–C) groups is 1. The topological polar surface area (TPSA) is 64.9 Å². The number of amides is 1. The first-order chi connectivity index (χ1) is 8.70. The number of hydrogen-bond acceptors (Lipinski definition) is 5. The minimum atomic E-state index is -0.222. The molecule has 3 aliphatic rings. The average Bonchev–Trinajstić information content (AvgIpc) is 2.85. The van der Waals surface area contributed by atoms with Crippen molar-refractivity contribution in [1.29, 1.82) is 0 Å². The van der Waals surface area contributed by atoms with E-state index in [1.54, 1.807) is 11.3 Å². The molecule has 1 fully saturated rings. The van der Waals surface area contributed by atoms with Gasteiger partial charge in [0.05, 0.1) is 6.10 Å². The fourth-order valence-corrected chi connectivity index (χ4v) is 4.10. The number of carbonyl (C=O) groups is 1. The van der Waals surface area contributed by atoms with Crippen LogP contribution in [0.15, 0.2) is 4.99 Å². The number of aliphatic hydroxyl groups is 1. The predicted octanol–water partition coefficient (Wildman–Crippen LogP) is 0.952. The van der Waals surface area contributed by atoms with Crippen molar-refractivity contribution in [2.24, 2.45) is 4.99 Å². The molecule has 4 rings (SSSR count). The van der Waals surface area contributed by atoms with Gasteiger partial charge in [0.2, 0.25) is 11.9 Å². The van der Waals surface area contributed by atoms with E-state index in [0.717, 1.165) is 30.8 Å². The highest BCUT2D eigenvalue weighted by Gasteiger charge is 2.33. The van der Waals surface area contributed by atoms with E-state index in [1.807, 2.05) is 4.90 Å². The lowest BCUT2D eigenvalue weighted by molar-refractivity contribution is -0.118. The minimum Gasteiger partial charge on any atom is -0.393 e. The molecule has 1 amide bonds. The lowest BCUT2D eigenvalue weighted by atomic mass is 9.93. The number of carbonyl (C=O) groups excluding carboxylic acids is 1. The zero-order valence-electron chi connectivity index (χ0n) is 10.2. The lowest BCUT2D eigenvalue weighted by Gasteiger charge is -2.23. The summed E-state index contributed by atoms with van der Waals surface area (Å²) >= 11 is 1.71. The van der Waals surface area contributed by atoms with Gasteiger partial charge in [-0.2, -0.15) is 0 Å². The standard InChI is InChI=1S/C12H13N3O2S.ClH/c16-6-1-2-9-7(3-6)8-4-15-5-10(17)13-12(15)14-11(8)18-9;/h6,16H,1-5H2,(H,13,14,17);1H. The van der Waals surface area contributed by atoms with Crippen LogP contribution in [0.25, 0.3) is 0 Å². The molecule has 19 heavy (non-hydrogen) atoms. The predicted molar refractivity (Wildman–Crippen MR) is 75.2 cm³/mol. The number of nitrogens with one attached hydrogen (secondary N) is 1. The molecular formula is C12H14ClN3O2S. The van der Waals surface area contributed by atoms with Gasteiger partial charge < -0.3 is 10.0 Å². The fraction of sp³-hybridized carbons (Fsp3) is 0.500. The number of fused-ring (bicyclic) bond motifs is 4. The normalized spacial score (nSPS) is 23.8. The SMILES string of the molecule is Cl.O=C1CN2Cc3c(sc4c3CC(O)CC4)N=C2N1. The van der Waals surface area contributed by atoms with E-state index >= 15 is 0 Å². The third-order valence-corrected chi connectivity index (χ3v) is 4.99. The maximum Gasteiger partial charge on any atom is 0.246 e. The molecule has 1 unspecified atom stereocenters. The van der Waals surface area contributed by atoms with E-state index in [4.69, 9.17) is 0 Å². The van der Waals surface area contributed by atoms with Crippen LogP contribution in [0.1, 0.15) is 22.4 Å². The summed E-state index contributed by atoms with van der Waals surface area (Å²) in [6.07, 6.45) is 2.32. The van der Waals surface area contributed by atoms with Crippen molar-refractivity contribution in [3.05, 3.63) is 16.0 Å². The highest BCUT2D eigenvalue weighted by molar-refractivity contribution is 7.16. The Labute approximate surface area is 120 Å². The monoisotopic (exact) mass is 299 g/mol. The van der Waals surface area contributed by atoms with Crippen molar-refractivity contribution >= 4 is 40.6 Å². The zero-order chi connectivity index (χ0) is 12.3. The van der Waals surface area contributed by atoms with Crippen molar-refractivity contribution in [2.75, 3.05) is 6.54 Å². The minimum absolute atomic E-state index is 0. The van der Waals surface area contributed by atoms with Crippen molar-refractivity contribution < 1.29 is 9.90 Å². The molecule has 1 aromatic heterocycles. The molecule has 0 aromatic carbocycles. The number of rotatable bonds is 0. The summed E-state index contributed by atoms with van der Waals surface area (Å²) in [6.45, 7) is 1.14. The van der Waals surface area contributed by atoms with Crippen LogP contribution in [0.5, 0.6) is 0 Å². The summed E-state index contributed by atoms with van der Waals surface area (Å²) in [7, 11) is 0. The van der Waals surface area contributed by atoms with E-state index in [2.05, 4.69) is 10.3 Å². The third-order valence-electron chi connectivity index (χ3n) is 3.76. The molecule has 0 saturated carbocycles. The molecular weight excluding hydrogens is 286 g/mol. The van der Waals surface area contributed by atoms with Gasteiger partial charge in [-0.1, -0.05) is 0 Å². The molecule has 1 atom stereocenters. The first-order valence-corrected chi connectivity index (χ1v) is 6.97. The highest BCUT2D eigenvalue weighted by Crippen LogP contribution is 2.42. The molecule has 0 radical (unpaired) electrons. The third kappa shape index (κ3) is 1.94. The Bertz CT molecular complexity index is 584. The molecule has 2 aliphatic heterocycles. The van der Waals surface area contributed by atoms with Gasteiger partial charge in [-0.05, 0) is 24.8 Å². The number of halogens is 1. The van der Waals surface area contributed by atoms with E-state index in [-0.39, 0.29) is 24.4 Å². The Balaban J connectivity index is 0.00000110. The Morgan fingerprint density at radius 3 is 3.05 bits per heavy atom. The zero-order valence-corrected chi connectivity index (χ0v) is 11.8. The number of hydrogen-bond donors (Lipinski definition) is 2. The van der Waals surface area contributed by atoms with Crippen LogP contribution in [0, 0.1) is 0 Å². The summed E-state index contributed by atoms with van der Waals surface area (Å²) < 4.78 is 0. The number of nitrogens with zero attached hydrogens (tertiary/aromatic N) is 2. The molecule has 1 aromatic rings. The molecule has 3 heterocycles. The van der Waals surface area contributed by atoms with Crippen LogP contribution in [0.2, 0.25) is 0 Å². The quantitative estimate of drug-likeness (QED) is 0.750. The largest absolute Gasteiger partial charge is 0.393 e. The van der Waals surface area contributed by atoms with E-state index < -0.39 is 0 Å². The summed E-state index contributed by atoms with van der Waals surface area (Å²) in [5, 5.41) is 13.6. The van der Waals surface area contributed by atoms with E-state index in [9.17, 15) is 9.90 Å². The van der Waals surface area contributed by atoms with Gasteiger partial charge in [0.1, 0.15) is 11.5 Å². The molecule has 0 bridgehead atoms. The average molecular weight is 300 g/mol. The van der Waals surface area contributed by atoms with E-state index in [1.165, 1.54) is 16.0 Å². The van der Waals surface area contributed by atoms with Gasteiger partial charge >= 0.3 is 0 Å². The number of thiophene rings is 1. The Morgan fingerprint density at radius 2 is 2.21 bits per heavy atom. The number of guanidine groups is 1. The van der Waals surface area contributed by atoms with Gasteiger partial charge in [0.25, 0.3) is 0 Å². The fourth-order valence-electron chi connectivity index (χ4n) is 2.87. The van der Waals surface area contributed by atoms with Crippen molar-refractivity contribution in [3.8, 4) is 0 Å². The van der Waals surface area contributed by atoms with Gasteiger partial charge in [0, 0.05) is 17.0 Å². The van der Waals surface area contributed by atoms with Crippen LogP contribution < -0.4 is 5.32 Å². The Kier molecular flexibility index (Phi) is 3.03. The van der Waals surface area contributed by atoms with Gasteiger partial charge in [-0.25, -0.2) is 4.99 Å². The van der Waals surface area contributed by atoms with Crippen LogP contribution in [-0.2, 0) is 24.2 Å². The second-order valence-corrected chi connectivity index (χ2v) is 6.11. The first-order valence-electron chi connectivity index (χ1n) is 6.15. The number of aliphatic hydroxyl groups excluding tert-OH is 1. The highest BCUT2D eigenvalue weighted by atomic mass is 35.5. The van der Waals surface area contributed by atoms with Crippen molar-refractivity contribution in [2.45, 2.75) is 31.9 Å². The summed E-state index contributed by atoms with van der Waals surface area (Å²) in [5.41, 5.74) is 2.49. The molecule has 102 valence electrons. The lowest BCUT2D eigenvalue weighted by Crippen LogP contribution is -2.32. The van der Waals surface area contributed by atoms with Crippen molar-refractivity contribution in [1.82, 2.24) is 10.2 Å². The van der Waals surface area contributed by atoms with Crippen LogP contribution in [0.4, 0.5) is 5.00 Å². The van der Waals surface area contributed by atoms with Gasteiger partial charge in [0.15, 0.2) is 0 Å². The molecule has 5 nitrogen and oxygen atoms in total. The van der Waals surface area contributed by atoms with E-state index in [0.29, 0.717) is 12.5 Å². The summed E-state index contributed by atoms with van der Waals surface area (Å²) in [6, 6.07) is 0. The molecule has 1 saturated heterocycles. The number of aryl methyl sites for hydroxylation is 1. The Hall–Kier alpha value is -1.11. The van der Waals surface area contributed by atoms with Crippen LogP contribution in [-0.4, -0.2) is 34.5 Å². The molecule has 0 spiro atoms. The maximum atomic E-state index is 11.4. The molecule has 2 N–H and O–H groups in total. The van der Waals surface area contributed by atoms with Gasteiger partial charge in [-0.15, -0.1) is 23.7 Å². The van der Waals surface area contributed by atoms with Crippen LogP contribution in [0.3, 0.4) is 0 Å². The van der Waals surface area contributed by atoms with Crippen molar-refractivity contribution in [3.63, 3.8) is 0 Å². The summed E-state index contributed by atoms with van der Waals surface area (Å²) in [4.78, 5) is 19.2. The maximum absolute atomic E-state index is 11.4. The Morgan fingerprint density at radius 1 is 1.37 bits per heavy atom.